The van der Waals surface area contributed by atoms with Gasteiger partial charge in [-0.2, -0.15) is 13.2 Å². The van der Waals surface area contributed by atoms with E-state index in [0.717, 1.165) is 24.3 Å². The van der Waals surface area contributed by atoms with E-state index >= 15 is 0 Å². The number of amides is 1. The summed E-state index contributed by atoms with van der Waals surface area (Å²) in [5.74, 6) is -1.34. The number of alkyl halides is 3. The molecule has 0 aromatic heterocycles. The number of nitrogens with one attached hydrogen (secondary N) is 1. The van der Waals surface area contributed by atoms with E-state index < -0.39 is 49.5 Å². The number of hydrogen-bond donors (Lipinski definition) is 1. The number of halogens is 5. The second-order valence-electron chi connectivity index (χ2n) is 6.46. The summed E-state index contributed by atoms with van der Waals surface area (Å²) in [5.41, 5.74) is -1.01. The predicted molar refractivity (Wildman–Crippen MR) is 94.3 cm³/mol. The van der Waals surface area contributed by atoms with Crippen LogP contribution < -0.4 is 5.32 Å². The van der Waals surface area contributed by atoms with Crippen LogP contribution in [0.25, 0.3) is 0 Å². The first-order valence-electron chi connectivity index (χ1n) is 8.15. The number of sulfone groups is 1. The van der Waals surface area contributed by atoms with Crippen LogP contribution >= 0.6 is 11.6 Å². The fourth-order valence-electron chi connectivity index (χ4n) is 2.88. The molecule has 1 saturated carbocycles. The number of hydrogen-bond acceptors (Lipinski definition) is 3. The normalized spacial score (nSPS) is 19.8. The fourth-order valence-corrected chi connectivity index (χ4v) is 4.92. The van der Waals surface area contributed by atoms with E-state index in [1.165, 1.54) is 12.1 Å². The Kier molecular flexibility index (Phi) is 5.42. The smallest absolute Gasteiger partial charge is 0.349 e. The standard InChI is InChI=1S/C18H14ClF4NO3S/c19-15-5-4-10(6-16(15)20)17(25)24-12-8-14(9-12)28(26,27)13-3-1-2-11(7-13)18(21,22)23/h1-7,12,14H,8-9H2,(H,24,25). The second-order valence-corrected chi connectivity index (χ2v) is 9.10. The lowest BCUT2D eigenvalue weighted by atomic mass is 9.92. The van der Waals surface area contributed by atoms with Gasteiger partial charge in [0.05, 0.1) is 20.7 Å². The third kappa shape index (κ3) is 4.15. The summed E-state index contributed by atoms with van der Waals surface area (Å²) in [4.78, 5) is 11.7. The molecule has 1 N–H and O–H groups in total. The van der Waals surface area contributed by atoms with Gasteiger partial charge in [0.25, 0.3) is 5.91 Å². The highest BCUT2D eigenvalue weighted by Gasteiger charge is 2.41. The van der Waals surface area contributed by atoms with Crippen molar-refractivity contribution in [3.63, 3.8) is 0 Å². The van der Waals surface area contributed by atoms with E-state index in [1.54, 1.807) is 0 Å². The first-order chi connectivity index (χ1) is 13.0. The lowest BCUT2D eigenvalue weighted by molar-refractivity contribution is -0.137. The lowest BCUT2D eigenvalue weighted by Crippen LogP contribution is -2.49. The molecule has 1 aliphatic rings. The highest BCUT2D eigenvalue weighted by molar-refractivity contribution is 7.92. The van der Waals surface area contributed by atoms with Crippen LogP contribution in [0.1, 0.15) is 28.8 Å². The van der Waals surface area contributed by atoms with Gasteiger partial charge in [0.2, 0.25) is 0 Å². The van der Waals surface area contributed by atoms with E-state index in [2.05, 4.69) is 5.32 Å². The Hall–Kier alpha value is -2.13. The molecular formula is C18H14ClF4NO3S. The quantitative estimate of drug-likeness (QED) is 0.731. The lowest BCUT2D eigenvalue weighted by Gasteiger charge is -2.35. The summed E-state index contributed by atoms with van der Waals surface area (Å²) >= 11 is 5.55. The van der Waals surface area contributed by atoms with Crippen molar-refractivity contribution in [3.8, 4) is 0 Å². The highest BCUT2D eigenvalue weighted by atomic mass is 35.5. The van der Waals surface area contributed by atoms with E-state index in [4.69, 9.17) is 11.6 Å². The second kappa shape index (κ2) is 7.36. The van der Waals surface area contributed by atoms with Gasteiger partial charge in [0, 0.05) is 11.6 Å². The molecule has 2 aromatic rings. The Morgan fingerprint density at radius 1 is 1.11 bits per heavy atom. The van der Waals surface area contributed by atoms with Crippen LogP contribution in [-0.2, 0) is 16.0 Å². The summed E-state index contributed by atoms with van der Waals surface area (Å²) in [7, 11) is -3.96. The molecule has 0 bridgehead atoms. The van der Waals surface area contributed by atoms with Crippen LogP contribution in [-0.4, -0.2) is 25.6 Å². The van der Waals surface area contributed by atoms with E-state index in [0.29, 0.717) is 6.07 Å². The Morgan fingerprint density at radius 2 is 1.79 bits per heavy atom. The molecule has 0 atom stereocenters. The van der Waals surface area contributed by atoms with E-state index in [-0.39, 0.29) is 23.4 Å². The van der Waals surface area contributed by atoms with Gasteiger partial charge < -0.3 is 5.32 Å². The van der Waals surface area contributed by atoms with Gasteiger partial charge in [-0.05, 0) is 49.2 Å². The molecule has 0 radical (unpaired) electrons. The zero-order valence-corrected chi connectivity index (χ0v) is 15.7. The summed E-state index contributed by atoms with van der Waals surface area (Å²) in [6, 6.07) is 6.62. The first kappa shape index (κ1) is 20.6. The summed E-state index contributed by atoms with van der Waals surface area (Å²) < 4.78 is 76.9. The molecule has 10 heteroatoms. The van der Waals surface area contributed by atoms with Crippen LogP contribution in [0.5, 0.6) is 0 Å². The molecule has 0 spiro atoms. The third-order valence-corrected chi connectivity index (χ3v) is 7.02. The van der Waals surface area contributed by atoms with Crippen LogP contribution in [0.15, 0.2) is 47.4 Å². The Morgan fingerprint density at radius 3 is 2.39 bits per heavy atom. The Bertz CT molecular complexity index is 1020. The van der Waals surface area contributed by atoms with Crippen molar-refractivity contribution in [2.75, 3.05) is 0 Å². The topological polar surface area (TPSA) is 63.2 Å². The minimum absolute atomic E-state index is 0.0334. The molecule has 150 valence electrons. The highest BCUT2D eigenvalue weighted by Crippen LogP contribution is 2.35. The molecule has 0 unspecified atom stereocenters. The minimum atomic E-state index is -4.64. The number of benzene rings is 2. The van der Waals surface area contributed by atoms with Crippen molar-refractivity contribution < 1.29 is 30.8 Å². The minimum Gasteiger partial charge on any atom is -0.349 e. The van der Waals surface area contributed by atoms with Crippen molar-refractivity contribution in [2.24, 2.45) is 0 Å². The van der Waals surface area contributed by atoms with E-state index in [9.17, 15) is 30.8 Å². The number of carbonyl (C=O) groups excluding carboxylic acids is 1. The summed E-state index contributed by atoms with van der Waals surface area (Å²) in [6.45, 7) is 0. The van der Waals surface area contributed by atoms with Gasteiger partial charge in [-0.1, -0.05) is 17.7 Å². The summed E-state index contributed by atoms with van der Waals surface area (Å²) in [5, 5.41) is 1.54. The Labute approximate surface area is 163 Å². The van der Waals surface area contributed by atoms with Crippen molar-refractivity contribution in [2.45, 2.75) is 35.2 Å². The maximum atomic E-state index is 13.4. The van der Waals surface area contributed by atoms with E-state index in [1.807, 2.05) is 0 Å². The molecule has 1 amide bonds. The maximum Gasteiger partial charge on any atom is 0.416 e. The van der Waals surface area contributed by atoms with Gasteiger partial charge >= 0.3 is 6.18 Å². The van der Waals surface area contributed by atoms with Gasteiger partial charge in [-0.15, -0.1) is 0 Å². The molecule has 1 fully saturated rings. The van der Waals surface area contributed by atoms with Crippen molar-refractivity contribution in [3.05, 3.63) is 64.4 Å². The largest absolute Gasteiger partial charge is 0.416 e. The first-order valence-corrected chi connectivity index (χ1v) is 10.1. The number of rotatable bonds is 4. The van der Waals surface area contributed by atoms with Crippen LogP contribution in [0.2, 0.25) is 5.02 Å². The predicted octanol–water partition coefficient (Wildman–Crippen LogP) is 4.23. The monoisotopic (exact) mass is 435 g/mol. The van der Waals surface area contributed by atoms with Gasteiger partial charge in [0.15, 0.2) is 9.84 Å². The van der Waals surface area contributed by atoms with Gasteiger partial charge in [0.1, 0.15) is 5.82 Å². The molecule has 0 heterocycles. The molecule has 28 heavy (non-hydrogen) atoms. The SMILES string of the molecule is O=C(NC1CC(S(=O)(=O)c2cccc(C(F)(F)F)c2)C1)c1ccc(Cl)c(F)c1. The summed E-state index contributed by atoms with van der Waals surface area (Å²) in [6.07, 6.45) is -4.53. The van der Waals surface area contributed by atoms with Gasteiger partial charge in [-0.3, -0.25) is 4.79 Å². The van der Waals surface area contributed by atoms with Crippen molar-refractivity contribution >= 4 is 27.3 Å². The molecule has 0 saturated heterocycles. The average Bonchev–Trinajstić information content (AvgIpc) is 2.59. The van der Waals surface area contributed by atoms with Crippen LogP contribution in [0, 0.1) is 5.82 Å². The third-order valence-electron chi connectivity index (χ3n) is 4.54. The molecule has 2 aromatic carbocycles. The maximum absolute atomic E-state index is 13.4. The van der Waals surface area contributed by atoms with Crippen molar-refractivity contribution in [1.82, 2.24) is 5.32 Å². The van der Waals surface area contributed by atoms with Gasteiger partial charge in [-0.25, -0.2) is 12.8 Å². The van der Waals surface area contributed by atoms with Crippen molar-refractivity contribution in [1.29, 1.82) is 0 Å². The zero-order chi connectivity index (χ0) is 20.7. The fraction of sp³-hybridized carbons (Fsp3) is 0.278. The molecular weight excluding hydrogens is 422 g/mol. The van der Waals surface area contributed by atoms with Crippen LogP contribution in [0.4, 0.5) is 17.6 Å². The molecule has 1 aliphatic carbocycles. The molecule has 3 rings (SSSR count). The molecule has 0 aliphatic heterocycles. The Balaban J connectivity index is 1.65. The number of carbonyl (C=O) groups is 1. The van der Waals surface area contributed by atoms with Crippen LogP contribution in [0.3, 0.4) is 0 Å². The molecule has 4 nitrogen and oxygen atoms in total. The average molecular weight is 436 g/mol. The zero-order valence-electron chi connectivity index (χ0n) is 14.1.